The van der Waals surface area contributed by atoms with Crippen molar-refractivity contribution in [1.29, 1.82) is 0 Å². The number of esters is 1. The predicted molar refractivity (Wildman–Crippen MR) is 89.0 cm³/mol. The van der Waals surface area contributed by atoms with Gasteiger partial charge in [0.05, 0.1) is 12.3 Å². The molecule has 0 saturated heterocycles. The van der Waals surface area contributed by atoms with E-state index in [4.69, 9.17) is 9.47 Å². The van der Waals surface area contributed by atoms with Gasteiger partial charge in [0.2, 0.25) is 5.88 Å². The minimum atomic E-state index is -0.358. The zero-order chi connectivity index (χ0) is 16.5. The molecule has 1 aromatic heterocycles. The van der Waals surface area contributed by atoms with Crippen molar-refractivity contribution < 1.29 is 14.3 Å². The summed E-state index contributed by atoms with van der Waals surface area (Å²) in [4.78, 5) is 11.4. The van der Waals surface area contributed by atoms with Crippen molar-refractivity contribution in [1.82, 2.24) is 9.78 Å². The largest absolute Gasteiger partial charge is 0.472 e. The quantitative estimate of drug-likeness (QED) is 0.553. The number of aryl methyl sites for hydroxylation is 1. The molecule has 0 amide bonds. The lowest BCUT2D eigenvalue weighted by Gasteiger charge is -2.02. The van der Waals surface area contributed by atoms with Crippen LogP contribution in [-0.4, -0.2) is 22.4 Å². The highest BCUT2D eigenvalue weighted by Gasteiger charge is 2.07. The third-order valence-corrected chi connectivity index (χ3v) is 3.13. The molecule has 0 aliphatic heterocycles. The molecule has 0 fully saturated rings. The standard InChI is InChI=1S/C18H22N2O3/c1-3-12-20-16(10-11-18(21)22-4-2)13-17(19-20)23-14-15-8-6-5-7-9-15/h5-11,13H,3-4,12,14H2,1-2H3. The van der Waals surface area contributed by atoms with Crippen LogP contribution in [0.15, 0.2) is 42.5 Å². The van der Waals surface area contributed by atoms with Crippen molar-refractivity contribution >= 4 is 12.0 Å². The first-order valence-electron chi connectivity index (χ1n) is 7.82. The van der Waals surface area contributed by atoms with Crippen molar-refractivity contribution in [2.75, 3.05) is 6.61 Å². The Morgan fingerprint density at radius 3 is 2.74 bits per heavy atom. The molecule has 0 saturated carbocycles. The summed E-state index contributed by atoms with van der Waals surface area (Å²) in [7, 11) is 0. The van der Waals surface area contributed by atoms with Gasteiger partial charge in [-0.15, -0.1) is 5.10 Å². The number of hydrogen-bond donors (Lipinski definition) is 0. The summed E-state index contributed by atoms with van der Waals surface area (Å²) in [5.74, 6) is 0.189. The van der Waals surface area contributed by atoms with Crippen LogP contribution in [0, 0.1) is 0 Å². The Labute approximate surface area is 136 Å². The molecule has 0 bridgehead atoms. The van der Waals surface area contributed by atoms with E-state index in [0.29, 0.717) is 19.1 Å². The van der Waals surface area contributed by atoms with E-state index in [9.17, 15) is 4.79 Å². The van der Waals surface area contributed by atoms with E-state index in [1.165, 1.54) is 6.08 Å². The molecule has 0 radical (unpaired) electrons. The summed E-state index contributed by atoms with van der Waals surface area (Å²) in [6.07, 6.45) is 4.06. The number of rotatable bonds is 8. The Balaban J connectivity index is 2.06. The Bertz CT molecular complexity index is 648. The van der Waals surface area contributed by atoms with Gasteiger partial charge in [-0.2, -0.15) is 0 Å². The number of ether oxygens (including phenoxy) is 2. The van der Waals surface area contributed by atoms with Crippen molar-refractivity contribution in [3.05, 3.63) is 53.7 Å². The summed E-state index contributed by atoms with van der Waals surface area (Å²) in [5.41, 5.74) is 1.91. The van der Waals surface area contributed by atoms with Crippen LogP contribution in [0.4, 0.5) is 0 Å². The molecule has 23 heavy (non-hydrogen) atoms. The minimum Gasteiger partial charge on any atom is -0.472 e. The van der Waals surface area contributed by atoms with Crippen LogP contribution in [0.2, 0.25) is 0 Å². The summed E-state index contributed by atoms with van der Waals surface area (Å²) in [5, 5.41) is 4.43. The van der Waals surface area contributed by atoms with Gasteiger partial charge in [0.15, 0.2) is 0 Å². The van der Waals surface area contributed by atoms with Crippen LogP contribution >= 0.6 is 0 Å². The van der Waals surface area contributed by atoms with E-state index < -0.39 is 0 Å². The first-order chi connectivity index (χ1) is 11.2. The lowest BCUT2D eigenvalue weighted by Crippen LogP contribution is -2.03. The molecule has 2 rings (SSSR count). The van der Waals surface area contributed by atoms with Gasteiger partial charge in [-0.05, 0) is 25.0 Å². The van der Waals surface area contributed by atoms with Gasteiger partial charge in [-0.3, -0.25) is 4.68 Å². The van der Waals surface area contributed by atoms with Gasteiger partial charge >= 0.3 is 5.97 Å². The molecule has 1 heterocycles. The monoisotopic (exact) mass is 314 g/mol. The summed E-state index contributed by atoms with van der Waals surface area (Å²) >= 11 is 0. The molecular formula is C18H22N2O3. The number of benzene rings is 1. The van der Waals surface area contributed by atoms with E-state index >= 15 is 0 Å². The lowest BCUT2D eigenvalue weighted by atomic mass is 10.2. The summed E-state index contributed by atoms with van der Waals surface area (Å²) in [6, 6.07) is 11.8. The zero-order valence-electron chi connectivity index (χ0n) is 13.6. The van der Waals surface area contributed by atoms with E-state index in [2.05, 4.69) is 12.0 Å². The van der Waals surface area contributed by atoms with E-state index in [1.807, 2.05) is 41.1 Å². The average Bonchev–Trinajstić information content (AvgIpc) is 2.95. The Morgan fingerprint density at radius 2 is 2.04 bits per heavy atom. The van der Waals surface area contributed by atoms with Gasteiger partial charge in [-0.25, -0.2) is 4.79 Å². The molecule has 0 spiro atoms. The van der Waals surface area contributed by atoms with E-state index in [0.717, 1.165) is 24.2 Å². The van der Waals surface area contributed by atoms with Gasteiger partial charge in [0.1, 0.15) is 6.61 Å². The van der Waals surface area contributed by atoms with E-state index in [-0.39, 0.29) is 5.97 Å². The molecule has 5 heteroatoms. The molecule has 0 aliphatic rings. The number of nitrogens with zero attached hydrogens (tertiary/aromatic N) is 2. The van der Waals surface area contributed by atoms with Crippen LogP contribution in [0.3, 0.4) is 0 Å². The summed E-state index contributed by atoms with van der Waals surface area (Å²) in [6.45, 7) is 5.44. The third kappa shape index (κ3) is 5.29. The fourth-order valence-electron chi connectivity index (χ4n) is 2.08. The predicted octanol–water partition coefficient (Wildman–Crippen LogP) is 3.45. The molecule has 0 unspecified atom stereocenters. The third-order valence-electron chi connectivity index (χ3n) is 3.13. The average molecular weight is 314 g/mol. The van der Waals surface area contributed by atoms with Gasteiger partial charge in [0.25, 0.3) is 0 Å². The number of aromatic nitrogens is 2. The second-order valence-corrected chi connectivity index (χ2v) is 4.99. The SMILES string of the molecule is CCCn1nc(OCc2ccccc2)cc1C=CC(=O)OCC. The molecule has 5 nitrogen and oxygen atoms in total. The molecule has 0 atom stereocenters. The molecule has 122 valence electrons. The fraction of sp³-hybridized carbons (Fsp3) is 0.333. The summed E-state index contributed by atoms with van der Waals surface area (Å²) < 4.78 is 12.5. The van der Waals surface area contributed by atoms with Gasteiger partial charge < -0.3 is 9.47 Å². The molecule has 0 N–H and O–H groups in total. The lowest BCUT2D eigenvalue weighted by molar-refractivity contribution is -0.137. The molecule has 2 aromatic rings. The van der Waals surface area contributed by atoms with Crippen molar-refractivity contribution in [3.63, 3.8) is 0 Å². The molecule has 0 aliphatic carbocycles. The number of carbonyl (C=O) groups excluding carboxylic acids is 1. The number of carbonyl (C=O) groups is 1. The van der Waals surface area contributed by atoms with Crippen LogP contribution in [-0.2, 0) is 22.7 Å². The van der Waals surface area contributed by atoms with Gasteiger partial charge in [-0.1, -0.05) is 37.3 Å². The Morgan fingerprint density at radius 1 is 1.26 bits per heavy atom. The highest BCUT2D eigenvalue weighted by molar-refractivity contribution is 5.86. The number of hydrogen-bond acceptors (Lipinski definition) is 4. The van der Waals surface area contributed by atoms with Crippen LogP contribution in [0.5, 0.6) is 5.88 Å². The zero-order valence-corrected chi connectivity index (χ0v) is 13.6. The highest BCUT2D eigenvalue weighted by atomic mass is 16.5. The fourth-order valence-corrected chi connectivity index (χ4v) is 2.08. The van der Waals surface area contributed by atoms with Gasteiger partial charge in [0, 0.05) is 18.7 Å². The Kier molecular flexibility index (Phi) is 6.41. The van der Waals surface area contributed by atoms with E-state index in [1.54, 1.807) is 13.0 Å². The molecule has 1 aromatic carbocycles. The maximum atomic E-state index is 11.4. The van der Waals surface area contributed by atoms with Crippen molar-refractivity contribution in [3.8, 4) is 5.88 Å². The second kappa shape index (κ2) is 8.78. The highest BCUT2D eigenvalue weighted by Crippen LogP contribution is 2.16. The maximum Gasteiger partial charge on any atom is 0.330 e. The van der Waals surface area contributed by atoms with Crippen LogP contribution < -0.4 is 4.74 Å². The van der Waals surface area contributed by atoms with Crippen molar-refractivity contribution in [2.45, 2.75) is 33.4 Å². The smallest absolute Gasteiger partial charge is 0.330 e. The minimum absolute atomic E-state index is 0.358. The van der Waals surface area contributed by atoms with Crippen LogP contribution in [0.25, 0.3) is 6.08 Å². The van der Waals surface area contributed by atoms with Crippen LogP contribution in [0.1, 0.15) is 31.5 Å². The normalized spacial score (nSPS) is 10.9. The van der Waals surface area contributed by atoms with Crippen molar-refractivity contribution in [2.24, 2.45) is 0 Å². The first kappa shape index (κ1) is 16.8. The second-order valence-electron chi connectivity index (χ2n) is 4.99. The maximum absolute atomic E-state index is 11.4. The molecular weight excluding hydrogens is 292 g/mol. The first-order valence-corrected chi connectivity index (χ1v) is 7.82. The topological polar surface area (TPSA) is 53.4 Å². The Hall–Kier alpha value is -2.56.